The number of rotatable bonds is 7. The second-order valence-corrected chi connectivity index (χ2v) is 8.48. The Labute approximate surface area is 170 Å². The van der Waals surface area contributed by atoms with E-state index < -0.39 is 14.9 Å². The van der Waals surface area contributed by atoms with Crippen molar-refractivity contribution in [1.82, 2.24) is 9.55 Å². The lowest BCUT2D eigenvalue weighted by Crippen LogP contribution is -2.14. The molecule has 0 saturated carbocycles. The Morgan fingerprint density at radius 1 is 1.28 bits per heavy atom. The number of hydrogen-bond donors (Lipinski definition) is 2. The van der Waals surface area contributed by atoms with Gasteiger partial charge in [0, 0.05) is 24.4 Å². The second kappa shape index (κ2) is 8.19. The largest absolute Gasteiger partial charge is 0.325 e. The molecule has 0 aliphatic heterocycles. The van der Waals surface area contributed by atoms with Crippen molar-refractivity contribution in [3.05, 3.63) is 52.6 Å². The fourth-order valence-corrected chi connectivity index (χ4v) is 4.09. The number of primary sulfonamides is 1. The summed E-state index contributed by atoms with van der Waals surface area (Å²) in [5.74, 6) is -0.244. The van der Waals surface area contributed by atoms with Crippen molar-refractivity contribution in [2.75, 3.05) is 11.1 Å². The van der Waals surface area contributed by atoms with E-state index in [4.69, 9.17) is 5.14 Å². The van der Waals surface area contributed by atoms with Gasteiger partial charge in [0.15, 0.2) is 5.16 Å². The number of imidazole rings is 1. The molecule has 3 N–H and O–H groups in total. The number of nitrogens with two attached hydrogens (primary N) is 1. The number of sulfonamides is 1. The lowest BCUT2D eigenvalue weighted by Gasteiger charge is -2.07. The minimum Gasteiger partial charge on any atom is -0.325 e. The normalized spacial score (nSPS) is 11.5. The standard InChI is InChI=1S/C17H17N5O5S2/c1-2-21-15-8-7-13(29(18,26)27)9-14(15)20-17(21)28-10-16(23)19-11-3-5-12(6-4-11)22(24)25/h3-9H,2,10H2,1H3,(H,19,23)(H2,18,26,27). The van der Waals surface area contributed by atoms with Gasteiger partial charge in [0.25, 0.3) is 5.69 Å². The Morgan fingerprint density at radius 2 is 1.97 bits per heavy atom. The van der Waals surface area contributed by atoms with Crippen LogP contribution in [0.15, 0.2) is 52.5 Å². The van der Waals surface area contributed by atoms with Crippen LogP contribution in [-0.2, 0) is 21.4 Å². The third kappa shape index (κ3) is 4.72. The molecule has 3 rings (SSSR count). The molecule has 1 amide bonds. The number of hydrogen-bond acceptors (Lipinski definition) is 7. The molecule has 10 nitrogen and oxygen atoms in total. The van der Waals surface area contributed by atoms with Crippen LogP contribution < -0.4 is 10.5 Å². The number of aryl methyl sites for hydroxylation is 1. The maximum absolute atomic E-state index is 12.2. The van der Waals surface area contributed by atoms with Gasteiger partial charge in [-0.1, -0.05) is 11.8 Å². The first kappa shape index (κ1) is 20.8. The zero-order valence-electron chi connectivity index (χ0n) is 15.2. The highest BCUT2D eigenvalue weighted by Crippen LogP contribution is 2.26. The number of aromatic nitrogens is 2. The lowest BCUT2D eigenvalue weighted by atomic mass is 10.3. The van der Waals surface area contributed by atoms with Gasteiger partial charge in [-0.05, 0) is 37.3 Å². The Morgan fingerprint density at radius 3 is 2.55 bits per heavy atom. The van der Waals surface area contributed by atoms with E-state index in [0.29, 0.717) is 22.9 Å². The van der Waals surface area contributed by atoms with Crippen LogP contribution in [-0.4, -0.2) is 34.6 Å². The molecule has 0 radical (unpaired) electrons. The molecule has 3 aromatic rings. The Balaban J connectivity index is 1.73. The van der Waals surface area contributed by atoms with Gasteiger partial charge in [-0.2, -0.15) is 0 Å². The van der Waals surface area contributed by atoms with Crippen molar-refractivity contribution in [1.29, 1.82) is 0 Å². The van der Waals surface area contributed by atoms with Crippen molar-refractivity contribution in [2.24, 2.45) is 5.14 Å². The molecule has 0 atom stereocenters. The average molecular weight is 435 g/mol. The minimum absolute atomic E-state index is 0.0294. The van der Waals surface area contributed by atoms with Gasteiger partial charge in [0.2, 0.25) is 15.9 Å². The summed E-state index contributed by atoms with van der Waals surface area (Å²) in [6.45, 7) is 2.49. The van der Waals surface area contributed by atoms with Crippen LogP contribution in [0.3, 0.4) is 0 Å². The van der Waals surface area contributed by atoms with E-state index in [9.17, 15) is 23.3 Å². The van der Waals surface area contributed by atoms with Crippen molar-refractivity contribution in [2.45, 2.75) is 23.5 Å². The molecular formula is C17H17N5O5S2. The van der Waals surface area contributed by atoms with Crippen LogP contribution in [0, 0.1) is 10.1 Å². The Bertz CT molecular complexity index is 1190. The fourth-order valence-electron chi connectivity index (χ4n) is 2.67. The van der Waals surface area contributed by atoms with Gasteiger partial charge in [-0.3, -0.25) is 14.9 Å². The van der Waals surface area contributed by atoms with E-state index in [1.807, 2.05) is 11.5 Å². The van der Waals surface area contributed by atoms with Crippen LogP contribution in [0.4, 0.5) is 11.4 Å². The number of carbonyl (C=O) groups is 1. The van der Waals surface area contributed by atoms with Gasteiger partial charge < -0.3 is 9.88 Å². The molecule has 12 heteroatoms. The monoisotopic (exact) mass is 435 g/mol. The first-order chi connectivity index (χ1) is 13.7. The zero-order chi connectivity index (χ0) is 21.2. The predicted molar refractivity (Wildman–Crippen MR) is 109 cm³/mol. The van der Waals surface area contributed by atoms with Crippen molar-refractivity contribution >= 4 is 50.1 Å². The summed E-state index contributed by atoms with van der Waals surface area (Å²) in [6.07, 6.45) is 0. The Hall–Kier alpha value is -2.96. The number of amides is 1. The van der Waals surface area contributed by atoms with E-state index in [0.717, 1.165) is 5.52 Å². The first-order valence-electron chi connectivity index (χ1n) is 8.39. The van der Waals surface area contributed by atoms with Gasteiger partial charge in [0.05, 0.1) is 26.6 Å². The zero-order valence-corrected chi connectivity index (χ0v) is 16.9. The molecule has 0 aliphatic rings. The van der Waals surface area contributed by atoms with Crippen molar-refractivity contribution < 1.29 is 18.1 Å². The predicted octanol–water partition coefficient (Wildman–Crippen LogP) is 2.34. The van der Waals surface area contributed by atoms with E-state index in [1.165, 1.54) is 48.2 Å². The Kier molecular flexibility index (Phi) is 5.86. The third-order valence-electron chi connectivity index (χ3n) is 4.02. The number of anilines is 1. The molecule has 1 aromatic heterocycles. The quantitative estimate of drug-likeness (QED) is 0.328. The summed E-state index contributed by atoms with van der Waals surface area (Å²) in [5.41, 5.74) is 1.59. The molecule has 29 heavy (non-hydrogen) atoms. The molecule has 0 aliphatic carbocycles. The summed E-state index contributed by atoms with van der Waals surface area (Å²) in [5, 5.41) is 19.1. The maximum Gasteiger partial charge on any atom is 0.269 e. The molecule has 0 saturated heterocycles. The molecule has 2 aromatic carbocycles. The lowest BCUT2D eigenvalue weighted by molar-refractivity contribution is -0.384. The summed E-state index contributed by atoms with van der Waals surface area (Å²) in [7, 11) is -3.84. The van der Waals surface area contributed by atoms with E-state index >= 15 is 0 Å². The van der Waals surface area contributed by atoms with Gasteiger partial charge in [0.1, 0.15) is 0 Å². The fraction of sp³-hybridized carbons (Fsp3) is 0.176. The van der Waals surface area contributed by atoms with Crippen LogP contribution in [0.5, 0.6) is 0 Å². The average Bonchev–Trinajstić information content (AvgIpc) is 3.02. The molecule has 152 valence electrons. The molecule has 0 spiro atoms. The molecule has 0 bridgehead atoms. The summed E-state index contributed by atoms with van der Waals surface area (Å²) < 4.78 is 24.9. The minimum atomic E-state index is -3.84. The van der Waals surface area contributed by atoms with E-state index in [-0.39, 0.29) is 22.2 Å². The number of thioether (sulfide) groups is 1. The van der Waals surface area contributed by atoms with Crippen LogP contribution in [0.2, 0.25) is 0 Å². The highest BCUT2D eigenvalue weighted by Gasteiger charge is 2.16. The number of nitrogens with zero attached hydrogens (tertiary/aromatic N) is 3. The SMILES string of the molecule is CCn1c(SCC(=O)Nc2ccc([N+](=O)[O-])cc2)nc2cc(S(N)(=O)=O)ccc21. The van der Waals surface area contributed by atoms with Gasteiger partial charge >= 0.3 is 0 Å². The summed E-state index contributed by atoms with van der Waals surface area (Å²) in [4.78, 5) is 26.7. The van der Waals surface area contributed by atoms with Crippen LogP contribution in [0.25, 0.3) is 11.0 Å². The van der Waals surface area contributed by atoms with Crippen LogP contribution >= 0.6 is 11.8 Å². The number of nitro benzene ring substituents is 1. The van der Waals surface area contributed by atoms with E-state index in [2.05, 4.69) is 10.3 Å². The number of non-ortho nitro benzene ring substituents is 1. The number of nitrogens with one attached hydrogen (secondary N) is 1. The smallest absolute Gasteiger partial charge is 0.269 e. The highest BCUT2D eigenvalue weighted by atomic mass is 32.2. The number of fused-ring (bicyclic) bond motifs is 1. The number of benzene rings is 2. The van der Waals surface area contributed by atoms with Gasteiger partial charge in [-0.15, -0.1) is 0 Å². The first-order valence-corrected chi connectivity index (χ1v) is 10.9. The molecule has 0 fully saturated rings. The summed E-state index contributed by atoms with van der Waals surface area (Å²) >= 11 is 1.20. The third-order valence-corrected chi connectivity index (χ3v) is 5.91. The van der Waals surface area contributed by atoms with E-state index in [1.54, 1.807) is 6.07 Å². The summed E-state index contributed by atoms with van der Waals surface area (Å²) in [6, 6.07) is 9.98. The highest BCUT2D eigenvalue weighted by molar-refractivity contribution is 7.99. The molecular weight excluding hydrogens is 418 g/mol. The van der Waals surface area contributed by atoms with Crippen molar-refractivity contribution in [3.8, 4) is 0 Å². The number of carbonyl (C=O) groups excluding carboxylic acids is 1. The maximum atomic E-state index is 12.2. The van der Waals surface area contributed by atoms with Crippen molar-refractivity contribution in [3.63, 3.8) is 0 Å². The molecule has 1 heterocycles. The second-order valence-electron chi connectivity index (χ2n) is 5.98. The number of nitro groups is 1. The topological polar surface area (TPSA) is 150 Å². The van der Waals surface area contributed by atoms with Gasteiger partial charge in [-0.25, -0.2) is 18.5 Å². The molecule has 0 unspecified atom stereocenters. The van der Waals surface area contributed by atoms with Crippen LogP contribution in [0.1, 0.15) is 6.92 Å².